The molecule has 0 radical (unpaired) electrons. The van der Waals surface area contributed by atoms with E-state index >= 15 is 0 Å². The van der Waals surface area contributed by atoms with Crippen LogP contribution in [0.25, 0.3) is 0 Å². The van der Waals surface area contributed by atoms with Crippen molar-refractivity contribution < 1.29 is 23.0 Å². The molecule has 0 aliphatic carbocycles. The van der Waals surface area contributed by atoms with Crippen molar-refractivity contribution in [2.24, 2.45) is 0 Å². The standard InChI is InChI=1S/C12H16F3NO2/c1-16-10(7-11(17)12(13,14)15)8-3-5-9(18-2)6-4-8/h3-6,10-11,16-17H,7H2,1-2H3/t10-,11+/m1/s1. The summed E-state index contributed by atoms with van der Waals surface area (Å²) in [6.45, 7) is 0. The van der Waals surface area contributed by atoms with Gasteiger partial charge in [0, 0.05) is 12.5 Å². The Morgan fingerprint density at radius 3 is 2.22 bits per heavy atom. The third kappa shape index (κ3) is 3.89. The van der Waals surface area contributed by atoms with Gasteiger partial charge >= 0.3 is 6.18 Å². The average Bonchev–Trinajstić information content (AvgIpc) is 2.34. The normalized spacial score (nSPS) is 15.2. The van der Waals surface area contributed by atoms with Gasteiger partial charge in [-0.1, -0.05) is 12.1 Å². The zero-order valence-corrected chi connectivity index (χ0v) is 10.2. The first-order chi connectivity index (χ1) is 8.38. The molecule has 102 valence electrons. The minimum atomic E-state index is -4.60. The van der Waals surface area contributed by atoms with E-state index in [-0.39, 0.29) is 0 Å². The Balaban J connectivity index is 2.76. The number of aliphatic hydroxyl groups is 1. The molecule has 1 rings (SSSR count). The summed E-state index contributed by atoms with van der Waals surface area (Å²) in [4.78, 5) is 0. The van der Waals surface area contributed by atoms with Crippen LogP contribution in [0.1, 0.15) is 18.0 Å². The van der Waals surface area contributed by atoms with Crippen molar-refractivity contribution in [1.82, 2.24) is 5.32 Å². The number of ether oxygens (including phenoxy) is 1. The zero-order valence-electron chi connectivity index (χ0n) is 10.2. The van der Waals surface area contributed by atoms with E-state index in [2.05, 4.69) is 5.32 Å². The van der Waals surface area contributed by atoms with Crippen LogP contribution in [0.2, 0.25) is 0 Å². The molecule has 18 heavy (non-hydrogen) atoms. The summed E-state index contributed by atoms with van der Waals surface area (Å²) in [5, 5.41) is 11.8. The first kappa shape index (κ1) is 14.8. The minimum absolute atomic E-state index is 0.424. The van der Waals surface area contributed by atoms with Crippen LogP contribution in [0, 0.1) is 0 Å². The summed E-state index contributed by atoms with van der Waals surface area (Å²) in [5.41, 5.74) is 0.668. The van der Waals surface area contributed by atoms with Crippen LogP contribution in [-0.4, -0.2) is 31.5 Å². The van der Waals surface area contributed by atoms with Crippen LogP contribution in [-0.2, 0) is 0 Å². The Hall–Kier alpha value is -1.27. The smallest absolute Gasteiger partial charge is 0.414 e. The summed E-state index contributed by atoms with van der Waals surface area (Å²) in [6.07, 6.45) is -7.36. The Morgan fingerprint density at radius 1 is 1.28 bits per heavy atom. The largest absolute Gasteiger partial charge is 0.497 e. The van der Waals surface area contributed by atoms with Gasteiger partial charge in [-0.2, -0.15) is 13.2 Å². The molecule has 0 spiro atoms. The third-order valence-electron chi connectivity index (χ3n) is 2.70. The molecule has 2 N–H and O–H groups in total. The van der Waals surface area contributed by atoms with E-state index in [1.54, 1.807) is 31.3 Å². The molecule has 0 unspecified atom stereocenters. The maximum Gasteiger partial charge on any atom is 0.414 e. The number of nitrogens with one attached hydrogen (secondary N) is 1. The lowest BCUT2D eigenvalue weighted by molar-refractivity contribution is -0.207. The second-order valence-electron chi connectivity index (χ2n) is 3.91. The molecule has 0 saturated heterocycles. The van der Waals surface area contributed by atoms with Crippen molar-refractivity contribution in [1.29, 1.82) is 0 Å². The maximum absolute atomic E-state index is 12.3. The number of methoxy groups -OCH3 is 1. The lowest BCUT2D eigenvalue weighted by atomic mass is 10.0. The molecule has 0 amide bonds. The summed E-state index contributed by atoms with van der Waals surface area (Å²) < 4.78 is 41.8. The number of hydrogen-bond donors (Lipinski definition) is 2. The number of benzene rings is 1. The Labute approximate surface area is 104 Å². The highest BCUT2D eigenvalue weighted by atomic mass is 19.4. The zero-order chi connectivity index (χ0) is 13.8. The molecule has 0 heterocycles. The van der Waals surface area contributed by atoms with Gasteiger partial charge in [-0.15, -0.1) is 0 Å². The summed E-state index contributed by atoms with van der Waals surface area (Å²) in [6, 6.07) is 6.11. The van der Waals surface area contributed by atoms with Crippen molar-refractivity contribution >= 4 is 0 Å². The van der Waals surface area contributed by atoms with Crippen molar-refractivity contribution in [2.45, 2.75) is 24.7 Å². The van der Waals surface area contributed by atoms with Crippen molar-refractivity contribution in [3.05, 3.63) is 29.8 Å². The molecule has 0 aliphatic rings. The highest BCUT2D eigenvalue weighted by molar-refractivity contribution is 5.29. The average molecular weight is 263 g/mol. The predicted molar refractivity (Wildman–Crippen MR) is 61.5 cm³/mol. The topological polar surface area (TPSA) is 41.5 Å². The number of alkyl halides is 3. The van der Waals surface area contributed by atoms with E-state index in [1.807, 2.05) is 0 Å². The summed E-state index contributed by atoms with van der Waals surface area (Å²) >= 11 is 0. The Kier molecular flexibility index (Phi) is 4.98. The van der Waals surface area contributed by atoms with Gasteiger partial charge in [-0.05, 0) is 24.7 Å². The molecule has 0 fully saturated rings. The van der Waals surface area contributed by atoms with Gasteiger partial charge in [0.05, 0.1) is 7.11 Å². The maximum atomic E-state index is 12.3. The van der Waals surface area contributed by atoms with Crippen LogP contribution in [0.15, 0.2) is 24.3 Å². The first-order valence-corrected chi connectivity index (χ1v) is 5.44. The monoisotopic (exact) mass is 263 g/mol. The predicted octanol–water partition coefficient (Wildman–Crippen LogP) is 2.27. The van der Waals surface area contributed by atoms with Gasteiger partial charge in [-0.25, -0.2) is 0 Å². The molecule has 0 saturated carbocycles. The fourth-order valence-electron chi connectivity index (χ4n) is 1.61. The highest BCUT2D eigenvalue weighted by Crippen LogP contribution is 2.28. The summed E-state index contributed by atoms with van der Waals surface area (Å²) in [5.74, 6) is 0.630. The van der Waals surface area contributed by atoms with Gasteiger partial charge < -0.3 is 15.2 Å². The van der Waals surface area contributed by atoms with E-state index in [0.717, 1.165) is 0 Å². The van der Waals surface area contributed by atoms with E-state index < -0.39 is 24.7 Å². The van der Waals surface area contributed by atoms with Crippen LogP contribution in [0.4, 0.5) is 13.2 Å². The first-order valence-electron chi connectivity index (χ1n) is 5.44. The van der Waals surface area contributed by atoms with Gasteiger partial charge in [0.2, 0.25) is 0 Å². The number of hydrogen-bond acceptors (Lipinski definition) is 3. The minimum Gasteiger partial charge on any atom is -0.497 e. The molecular formula is C12H16F3NO2. The van der Waals surface area contributed by atoms with Gasteiger partial charge in [0.25, 0.3) is 0 Å². The second kappa shape index (κ2) is 6.06. The van der Waals surface area contributed by atoms with Crippen LogP contribution < -0.4 is 10.1 Å². The lowest BCUT2D eigenvalue weighted by Gasteiger charge is -2.22. The van der Waals surface area contributed by atoms with Crippen LogP contribution in [0.5, 0.6) is 5.75 Å². The molecular weight excluding hydrogens is 247 g/mol. The Morgan fingerprint density at radius 2 is 1.83 bits per heavy atom. The SMILES string of the molecule is CN[C@H](C[C@H](O)C(F)(F)F)c1ccc(OC)cc1. The van der Waals surface area contributed by atoms with E-state index in [1.165, 1.54) is 7.11 Å². The second-order valence-corrected chi connectivity index (χ2v) is 3.91. The van der Waals surface area contributed by atoms with Gasteiger partial charge in [0.15, 0.2) is 6.10 Å². The molecule has 1 aromatic rings. The van der Waals surface area contributed by atoms with Crippen molar-refractivity contribution in [2.75, 3.05) is 14.2 Å². The molecule has 0 aromatic heterocycles. The highest BCUT2D eigenvalue weighted by Gasteiger charge is 2.39. The molecule has 0 bridgehead atoms. The number of halogens is 3. The molecule has 0 aliphatic heterocycles. The molecule has 3 nitrogen and oxygen atoms in total. The van der Waals surface area contributed by atoms with Crippen molar-refractivity contribution in [3.63, 3.8) is 0 Å². The lowest BCUT2D eigenvalue weighted by Crippen LogP contribution is -2.33. The van der Waals surface area contributed by atoms with Crippen LogP contribution >= 0.6 is 0 Å². The number of rotatable bonds is 5. The van der Waals surface area contributed by atoms with Crippen molar-refractivity contribution in [3.8, 4) is 5.75 Å². The molecule has 6 heteroatoms. The third-order valence-corrected chi connectivity index (χ3v) is 2.70. The fourth-order valence-corrected chi connectivity index (χ4v) is 1.61. The fraction of sp³-hybridized carbons (Fsp3) is 0.500. The van der Waals surface area contributed by atoms with E-state index in [0.29, 0.717) is 11.3 Å². The van der Waals surface area contributed by atoms with Crippen LogP contribution in [0.3, 0.4) is 0 Å². The quantitative estimate of drug-likeness (QED) is 0.856. The summed E-state index contributed by atoms with van der Waals surface area (Å²) in [7, 11) is 3.07. The molecule has 2 atom stereocenters. The van der Waals surface area contributed by atoms with E-state index in [9.17, 15) is 13.2 Å². The van der Waals surface area contributed by atoms with E-state index in [4.69, 9.17) is 9.84 Å². The Bertz CT molecular complexity index is 365. The molecule has 1 aromatic carbocycles. The van der Waals surface area contributed by atoms with Gasteiger partial charge in [-0.3, -0.25) is 0 Å². The number of aliphatic hydroxyl groups excluding tert-OH is 1. The van der Waals surface area contributed by atoms with Gasteiger partial charge in [0.1, 0.15) is 5.75 Å².